The van der Waals surface area contributed by atoms with Crippen LogP contribution < -0.4 is 10.6 Å². The maximum absolute atomic E-state index is 12.0. The summed E-state index contributed by atoms with van der Waals surface area (Å²) < 4.78 is 1.83. The van der Waals surface area contributed by atoms with Gasteiger partial charge in [-0.05, 0) is 59.5 Å². The summed E-state index contributed by atoms with van der Waals surface area (Å²) in [5, 5.41) is 14.4. The van der Waals surface area contributed by atoms with E-state index < -0.39 is 0 Å². The minimum atomic E-state index is -0.262. The van der Waals surface area contributed by atoms with Crippen LogP contribution in [0.15, 0.2) is 6.20 Å². The quantitative estimate of drug-likeness (QED) is 0.876. The smallest absolute Gasteiger partial charge is 0.273 e. The Bertz CT molecular complexity index is 456. The standard InChI is InChI=1S/C14H25N5O/c1-10(11-5-7-15-8-6-11)19-9-12(17-18-19)13(20)16-14(2,3)4/h9-11,15H,5-8H2,1-4H3,(H,16,20). The Kier molecular flexibility index (Phi) is 4.42. The molecule has 1 aromatic heterocycles. The van der Waals surface area contributed by atoms with Crippen molar-refractivity contribution >= 4 is 5.91 Å². The van der Waals surface area contributed by atoms with Gasteiger partial charge in [0.15, 0.2) is 5.69 Å². The summed E-state index contributed by atoms with van der Waals surface area (Å²) in [5.74, 6) is 0.428. The van der Waals surface area contributed by atoms with E-state index >= 15 is 0 Å². The molecular formula is C14H25N5O. The van der Waals surface area contributed by atoms with Crippen LogP contribution in [-0.2, 0) is 0 Å². The Morgan fingerprint density at radius 2 is 2.10 bits per heavy atom. The second kappa shape index (κ2) is 5.91. The van der Waals surface area contributed by atoms with Gasteiger partial charge in [-0.15, -0.1) is 5.10 Å². The maximum Gasteiger partial charge on any atom is 0.273 e. The Hall–Kier alpha value is -1.43. The molecule has 2 rings (SSSR count). The molecule has 1 amide bonds. The predicted octanol–water partition coefficient (Wildman–Crippen LogP) is 1.37. The topological polar surface area (TPSA) is 71.8 Å². The molecule has 1 aliphatic heterocycles. The second-order valence-electron chi connectivity index (χ2n) is 6.62. The van der Waals surface area contributed by atoms with Gasteiger partial charge in [-0.1, -0.05) is 5.21 Å². The van der Waals surface area contributed by atoms with Crippen LogP contribution in [0.2, 0.25) is 0 Å². The van der Waals surface area contributed by atoms with Gasteiger partial charge in [-0.2, -0.15) is 0 Å². The van der Waals surface area contributed by atoms with Gasteiger partial charge in [0.2, 0.25) is 0 Å². The average Bonchev–Trinajstić information content (AvgIpc) is 2.86. The van der Waals surface area contributed by atoms with E-state index in [-0.39, 0.29) is 17.5 Å². The van der Waals surface area contributed by atoms with E-state index in [9.17, 15) is 4.79 Å². The predicted molar refractivity (Wildman–Crippen MR) is 77.5 cm³/mol. The number of nitrogens with one attached hydrogen (secondary N) is 2. The van der Waals surface area contributed by atoms with Crippen molar-refractivity contribution in [2.24, 2.45) is 5.92 Å². The van der Waals surface area contributed by atoms with Gasteiger partial charge in [0.25, 0.3) is 5.91 Å². The lowest BCUT2D eigenvalue weighted by molar-refractivity contribution is 0.0914. The SMILES string of the molecule is CC(C1CCNCC1)n1cc(C(=O)NC(C)(C)C)nn1. The lowest BCUT2D eigenvalue weighted by atomic mass is 9.91. The molecule has 2 heterocycles. The van der Waals surface area contributed by atoms with Crippen LogP contribution in [0.4, 0.5) is 0 Å². The van der Waals surface area contributed by atoms with Gasteiger partial charge < -0.3 is 10.6 Å². The van der Waals surface area contributed by atoms with Crippen LogP contribution in [0.5, 0.6) is 0 Å². The zero-order valence-corrected chi connectivity index (χ0v) is 12.8. The fourth-order valence-electron chi connectivity index (χ4n) is 2.53. The highest BCUT2D eigenvalue weighted by atomic mass is 16.2. The van der Waals surface area contributed by atoms with E-state index in [0.29, 0.717) is 11.6 Å². The van der Waals surface area contributed by atoms with Crippen LogP contribution in [0.25, 0.3) is 0 Å². The zero-order chi connectivity index (χ0) is 14.8. The first-order chi connectivity index (χ1) is 9.37. The Morgan fingerprint density at radius 1 is 1.45 bits per heavy atom. The molecule has 20 heavy (non-hydrogen) atoms. The summed E-state index contributed by atoms with van der Waals surface area (Å²) in [4.78, 5) is 12.0. The van der Waals surface area contributed by atoms with Gasteiger partial charge in [-0.25, -0.2) is 4.68 Å². The van der Waals surface area contributed by atoms with E-state index in [1.807, 2.05) is 25.5 Å². The minimum Gasteiger partial charge on any atom is -0.346 e. The number of nitrogens with zero attached hydrogens (tertiary/aromatic N) is 3. The lowest BCUT2D eigenvalue weighted by Gasteiger charge is -2.27. The summed E-state index contributed by atoms with van der Waals surface area (Å²) in [6, 6.07) is 0.279. The van der Waals surface area contributed by atoms with E-state index in [2.05, 4.69) is 27.9 Å². The van der Waals surface area contributed by atoms with Crippen LogP contribution in [0.1, 0.15) is 57.1 Å². The van der Waals surface area contributed by atoms with Crippen molar-refractivity contribution in [2.75, 3.05) is 13.1 Å². The van der Waals surface area contributed by atoms with Crippen molar-refractivity contribution < 1.29 is 4.79 Å². The number of hydrogen-bond donors (Lipinski definition) is 2. The number of rotatable bonds is 3. The Balaban J connectivity index is 2.02. The normalized spacial score (nSPS) is 18.8. The van der Waals surface area contributed by atoms with Crippen molar-refractivity contribution in [1.82, 2.24) is 25.6 Å². The van der Waals surface area contributed by atoms with Gasteiger partial charge in [0.1, 0.15) is 0 Å². The number of piperidine rings is 1. The lowest BCUT2D eigenvalue weighted by Crippen LogP contribution is -2.40. The first-order valence-electron chi connectivity index (χ1n) is 7.32. The van der Waals surface area contributed by atoms with E-state index in [1.54, 1.807) is 6.20 Å². The first-order valence-corrected chi connectivity index (χ1v) is 7.32. The van der Waals surface area contributed by atoms with Crippen LogP contribution >= 0.6 is 0 Å². The van der Waals surface area contributed by atoms with Crippen molar-refractivity contribution in [3.05, 3.63) is 11.9 Å². The molecule has 0 aliphatic carbocycles. The molecule has 6 nitrogen and oxygen atoms in total. The Morgan fingerprint density at radius 3 is 2.70 bits per heavy atom. The monoisotopic (exact) mass is 279 g/mol. The van der Waals surface area contributed by atoms with Crippen LogP contribution in [0, 0.1) is 5.92 Å². The molecule has 1 aliphatic rings. The fourth-order valence-corrected chi connectivity index (χ4v) is 2.53. The number of aromatic nitrogens is 3. The number of carbonyl (C=O) groups is 1. The summed E-state index contributed by atoms with van der Waals surface area (Å²) in [6.45, 7) is 10.1. The number of hydrogen-bond acceptors (Lipinski definition) is 4. The van der Waals surface area contributed by atoms with E-state index in [1.165, 1.54) is 0 Å². The summed E-state index contributed by atoms with van der Waals surface area (Å²) in [7, 11) is 0. The molecule has 0 radical (unpaired) electrons. The van der Waals surface area contributed by atoms with Crippen LogP contribution in [-0.4, -0.2) is 39.5 Å². The molecule has 6 heteroatoms. The summed E-state index contributed by atoms with van der Waals surface area (Å²) >= 11 is 0. The number of amides is 1. The van der Waals surface area contributed by atoms with Crippen LogP contribution in [0.3, 0.4) is 0 Å². The molecule has 0 aromatic carbocycles. The summed E-state index contributed by atoms with van der Waals surface area (Å²) in [6.07, 6.45) is 4.04. The molecule has 1 unspecified atom stereocenters. The molecule has 1 atom stereocenters. The largest absolute Gasteiger partial charge is 0.346 e. The van der Waals surface area contributed by atoms with Crippen molar-refractivity contribution in [2.45, 2.75) is 52.1 Å². The third-order valence-electron chi connectivity index (χ3n) is 3.71. The highest BCUT2D eigenvalue weighted by molar-refractivity contribution is 5.92. The van der Waals surface area contributed by atoms with Crippen molar-refractivity contribution in [3.8, 4) is 0 Å². The molecular weight excluding hydrogens is 254 g/mol. The molecule has 0 spiro atoms. The molecule has 1 saturated heterocycles. The van der Waals surface area contributed by atoms with Gasteiger partial charge in [-0.3, -0.25) is 4.79 Å². The minimum absolute atomic E-state index is 0.165. The molecule has 1 aromatic rings. The Labute approximate surface area is 120 Å². The third kappa shape index (κ3) is 3.79. The number of carbonyl (C=O) groups excluding carboxylic acids is 1. The molecule has 112 valence electrons. The van der Waals surface area contributed by atoms with Gasteiger partial charge >= 0.3 is 0 Å². The van der Waals surface area contributed by atoms with E-state index in [0.717, 1.165) is 25.9 Å². The van der Waals surface area contributed by atoms with E-state index in [4.69, 9.17) is 0 Å². The van der Waals surface area contributed by atoms with Crippen molar-refractivity contribution in [3.63, 3.8) is 0 Å². The molecule has 0 bridgehead atoms. The summed E-state index contributed by atoms with van der Waals surface area (Å²) in [5.41, 5.74) is 0.127. The molecule has 0 saturated carbocycles. The maximum atomic E-state index is 12.0. The first kappa shape index (κ1) is 15.0. The highest BCUT2D eigenvalue weighted by Crippen LogP contribution is 2.25. The fraction of sp³-hybridized carbons (Fsp3) is 0.786. The molecule has 1 fully saturated rings. The second-order valence-corrected chi connectivity index (χ2v) is 6.62. The van der Waals surface area contributed by atoms with Crippen molar-refractivity contribution in [1.29, 1.82) is 0 Å². The van der Waals surface area contributed by atoms with Gasteiger partial charge in [0.05, 0.1) is 12.2 Å². The van der Waals surface area contributed by atoms with Gasteiger partial charge in [0, 0.05) is 5.54 Å². The third-order valence-corrected chi connectivity index (χ3v) is 3.71. The zero-order valence-electron chi connectivity index (χ0n) is 12.8. The average molecular weight is 279 g/mol. The molecule has 2 N–H and O–H groups in total. The highest BCUT2D eigenvalue weighted by Gasteiger charge is 2.24.